The molecule has 1 aliphatic heterocycles. The number of piperidine rings is 1. The predicted molar refractivity (Wildman–Crippen MR) is 67.8 cm³/mol. The fraction of sp³-hybridized carbons (Fsp3) is 0.538. The van der Waals surface area contributed by atoms with E-state index in [1.165, 1.54) is 6.26 Å². The number of rotatable bonds is 5. The Balaban J connectivity index is 1.83. The van der Waals surface area contributed by atoms with Crippen LogP contribution in [0.25, 0.3) is 0 Å². The molecule has 0 saturated carbocycles. The van der Waals surface area contributed by atoms with Crippen LogP contribution < -0.4 is 5.32 Å². The second-order valence-electron chi connectivity index (χ2n) is 4.76. The maximum atomic E-state index is 12.1. The second kappa shape index (κ2) is 6.38. The van der Waals surface area contributed by atoms with E-state index in [1.54, 1.807) is 17.0 Å². The molecule has 1 unspecified atom stereocenters. The van der Waals surface area contributed by atoms with Gasteiger partial charge < -0.3 is 19.7 Å². The monoisotopic (exact) mass is 266 g/mol. The van der Waals surface area contributed by atoms with Crippen LogP contribution in [0.15, 0.2) is 22.8 Å². The van der Waals surface area contributed by atoms with E-state index in [9.17, 15) is 9.59 Å². The quantitative estimate of drug-likeness (QED) is 0.824. The molecule has 2 N–H and O–H groups in total. The molecule has 1 saturated heterocycles. The molecule has 1 amide bonds. The fourth-order valence-electron chi connectivity index (χ4n) is 2.36. The van der Waals surface area contributed by atoms with Gasteiger partial charge in [0.1, 0.15) is 0 Å². The normalized spacial score (nSPS) is 19.4. The maximum Gasteiger partial charge on any atom is 0.317 e. The molecule has 0 spiro atoms. The van der Waals surface area contributed by atoms with Crippen LogP contribution >= 0.6 is 0 Å². The number of carbonyl (C=O) groups is 2. The third-order valence-electron chi connectivity index (χ3n) is 3.25. The molecule has 0 radical (unpaired) electrons. The molecular formula is C13H18N2O4. The summed E-state index contributed by atoms with van der Waals surface area (Å²) in [6.45, 7) is 1.96. The summed E-state index contributed by atoms with van der Waals surface area (Å²) in [5, 5.41) is 11.5. The summed E-state index contributed by atoms with van der Waals surface area (Å²) in [6, 6.07) is 3.36. The average molecular weight is 266 g/mol. The van der Waals surface area contributed by atoms with Gasteiger partial charge in [0.25, 0.3) is 5.91 Å². The molecule has 0 aliphatic carbocycles. The van der Waals surface area contributed by atoms with Crippen LogP contribution in [-0.2, 0) is 4.79 Å². The summed E-state index contributed by atoms with van der Waals surface area (Å²) in [5.41, 5.74) is 0. The molecule has 2 heterocycles. The molecule has 6 heteroatoms. The minimum absolute atomic E-state index is 0.0391. The first-order chi connectivity index (χ1) is 9.16. The molecule has 0 bridgehead atoms. The van der Waals surface area contributed by atoms with Gasteiger partial charge in [0, 0.05) is 19.6 Å². The van der Waals surface area contributed by atoms with E-state index < -0.39 is 5.97 Å². The molecular weight excluding hydrogens is 248 g/mol. The number of carbonyl (C=O) groups excluding carboxylic acids is 1. The first-order valence-corrected chi connectivity index (χ1v) is 6.42. The Morgan fingerprint density at radius 2 is 2.37 bits per heavy atom. The number of carboxylic acid groups (broad SMARTS) is 1. The molecule has 104 valence electrons. The van der Waals surface area contributed by atoms with Gasteiger partial charge >= 0.3 is 5.97 Å². The Morgan fingerprint density at radius 3 is 3.05 bits per heavy atom. The highest BCUT2D eigenvalue weighted by Crippen LogP contribution is 2.18. The van der Waals surface area contributed by atoms with Crippen molar-refractivity contribution >= 4 is 11.9 Å². The van der Waals surface area contributed by atoms with Crippen molar-refractivity contribution in [1.29, 1.82) is 0 Å². The Labute approximate surface area is 111 Å². The second-order valence-corrected chi connectivity index (χ2v) is 4.76. The molecule has 2 rings (SSSR count). The van der Waals surface area contributed by atoms with Gasteiger partial charge in [-0.2, -0.15) is 0 Å². The lowest BCUT2D eigenvalue weighted by atomic mass is 9.98. The van der Waals surface area contributed by atoms with Crippen molar-refractivity contribution in [1.82, 2.24) is 10.2 Å². The molecule has 1 atom stereocenters. The standard InChI is InChI=1S/C13H18N2O4/c16-12(17)8-14-7-10-3-1-5-15(9-10)13(18)11-4-2-6-19-11/h2,4,6,10,14H,1,3,5,7-9H2,(H,16,17). The third-order valence-corrected chi connectivity index (χ3v) is 3.25. The van der Waals surface area contributed by atoms with E-state index in [0.717, 1.165) is 19.4 Å². The van der Waals surface area contributed by atoms with Gasteiger partial charge in [-0.1, -0.05) is 0 Å². The minimum atomic E-state index is -0.862. The van der Waals surface area contributed by atoms with E-state index >= 15 is 0 Å². The summed E-state index contributed by atoms with van der Waals surface area (Å²) < 4.78 is 5.11. The van der Waals surface area contributed by atoms with Crippen molar-refractivity contribution < 1.29 is 19.1 Å². The molecule has 1 fully saturated rings. The van der Waals surface area contributed by atoms with E-state index in [4.69, 9.17) is 9.52 Å². The average Bonchev–Trinajstić information content (AvgIpc) is 2.91. The highest BCUT2D eigenvalue weighted by Gasteiger charge is 2.25. The number of likely N-dealkylation sites (tertiary alicyclic amines) is 1. The Bertz CT molecular complexity index is 430. The number of hydrogen-bond donors (Lipinski definition) is 2. The van der Waals surface area contributed by atoms with E-state index in [-0.39, 0.29) is 12.5 Å². The van der Waals surface area contributed by atoms with Crippen LogP contribution in [-0.4, -0.2) is 48.1 Å². The molecule has 6 nitrogen and oxygen atoms in total. The molecule has 0 aromatic carbocycles. The minimum Gasteiger partial charge on any atom is -0.480 e. The number of hydrogen-bond acceptors (Lipinski definition) is 4. The van der Waals surface area contributed by atoms with Crippen LogP contribution in [0, 0.1) is 5.92 Å². The Hall–Kier alpha value is -1.82. The Morgan fingerprint density at radius 1 is 1.53 bits per heavy atom. The smallest absolute Gasteiger partial charge is 0.317 e. The molecule has 1 aromatic heterocycles. The summed E-state index contributed by atoms with van der Waals surface area (Å²) in [4.78, 5) is 24.3. The largest absolute Gasteiger partial charge is 0.480 e. The zero-order chi connectivity index (χ0) is 13.7. The maximum absolute atomic E-state index is 12.1. The van der Waals surface area contributed by atoms with Crippen molar-refractivity contribution in [2.75, 3.05) is 26.2 Å². The number of carboxylic acids is 1. The van der Waals surface area contributed by atoms with Gasteiger partial charge in [-0.15, -0.1) is 0 Å². The number of amides is 1. The van der Waals surface area contributed by atoms with Crippen LogP contribution in [0.3, 0.4) is 0 Å². The lowest BCUT2D eigenvalue weighted by Gasteiger charge is -2.32. The van der Waals surface area contributed by atoms with Crippen LogP contribution in [0.4, 0.5) is 0 Å². The highest BCUT2D eigenvalue weighted by molar-refractivity contribution is 5.91. The van der Waals surface area contributed by atoms with Crippen LogP contribution in [0.5, 0.6) is 0 Å². The lowest BCUT2D eigenvalue weighted by Crippen LogP contribution is -2.43. The van der Waals surface area contributed by atoms with Gasteiger partial charge in [-0.05, 0) is 30.9 Å². The van der Waals surface area contributed by atoms with Crippen LogP contribution in [0.1, 0.15) is 23.4 Å². The number of nitrogens with zero attached hydrogens (tertiary/aromatic N) is 1. The lowest BCUT2D eigenvalue weighted by molar-refractivity contribution is -0.136. The number of furan rings is 1. The van der Waals surface area contributed by atoms with E-state index in [0.29, 0.717) is 24.8 Å². The summed E-state index contributed by atoms with van der Waals surface area (Å²) in [7, 11) is 0. The third kappa shape index (κ3) is 3.82. The fourth-order valence-corrected chi connectivity index (χ4v) is 2.36. The van der Waals surface area contributed by atoms with Gasteiger partial charge in [0.05, 0.1) is 12.8 Å². The zero-order valence-corrected chi connectivity index (χ0v) is 10.7. The van der Waals surface area contributed by atoms with Crippen molar-refractivity contribution in [3.05, 3.63) is 24.2 Å². The molecule has 1 aromatic rings. The Kier molecular flexibility index (Phi) is 4.57. The molecule has 19 heavy (non-hydrogen) atoms. The summed E-state index contributed by atoms with van der Waals surface area (Å²) >= 11 is 0. The summed E-state index contributed by atoms with van der Waals surface area (Å²) in [6.07, 6.45) is 3.43. The van der Waals surface area contributed by atoms with E-state index in [1.807, 2.05) is 0 Å². The predicted octanol–water partition coefficient (Wildman–Crippen LogP) is 0.806. The number of aliphatic carboxylic acids is 1. The van der Waals surface area contributed by atoms with Gasteiger partial charge in [0.2, 0.25) is 0 Å². The van der Waals surface area contributed by atoms with Gasteiger partial charge in [-0.25, -0.2) is 0 Å². The first-order valence-electron chi connectivity index (χ1n) is 6.42. The highest BCUT2D eigenvalue weighted by atomic mass is 16.4. The van der Waals surface area contributed by atoms with Crippen molar-refractivity contribution in [3.8, 4) is 0 Å². The summed E-state index contributed by atoms with van der Waals surface area (Å²) in [5.74, 6) is -0.293. The SMILES string of the molecule is O=C(O)CNCC1CCCN(C(=O)c2ccco2)C1. The zero-order valence-electron chi connectivity index (χ0n) is 10.7. The van der Waals surface area contributed by atoms with Crippen molar-refractivity contribution in [2.45, 2.75) is 12.8 Å². The first kappa shape index (κ1) is 13.6. The van der Waals surface area contributed by atoms with E-state index in [2.05, 4.69) is 5.32 Å². The van der Waals surface area contributed by atoms with Crippen LogP contribution in [0.2, 0.25) is 0 Å². The molecule has 1 aliphatic rings. The number of nitrogens with one attached hydrogen (secondary N) is 1. The van der Waals surface area contributed by atoms with Gasteiger partial charge in [0.15, 0.2) is 5.76 Å². The van der Waals surface area contributed by atoms with Gasteiger partial charge in [-0.3, -0.25) is 9.59 Å². The topological polar surface area (TPSA) is 82.8 Å². The van der Waals surface area contributed by atoms with Crippen molar-refractivity contribution in [2.24, 2.45) is 5.92 Å². The van der Waals surface area contributed by atoms with Crippen molar-refractivity contribution in [3.63, 3.8) is 0 Å².